The van der Waals surface area contributed by atoms with Crippen molar-refractivity contribution < 1.29 is 18.9 Å². The number of allylic oxidation sites excluding steroid dienone is 3. The summed E-state index contributed by atoms with van der Waals surface area (Å²) < 4.78 is 21.8. The number of rotatable bonds is 10. The second kappa shape index (κ2) is 10.5. The summed E-state index contributed by atoms with van der Waals surface area (Å²) in [5.41, 5.74) is 1.64. The maximum Gasteiger partial charge on any atom is 0.163 e. The predicted molar refractivity (Wildman–Crippen MR) is 112 cm³/mol. The molecule has 29 heavy (non-hydrogen) atoms. The summed E-state index contributed by atoms with van der Waals surface area (Å²) in [6.45, 7) is 1.75. The van der Waals surface area contributed by atoms with Gasteiger partial charge in [-0.3, -0.25) is 0 Å². The highest BCUT2D eigenvalue weighted by molar-refractivity contribution is 5.92. The summed E-state index contributed by atoms with van der Waals surface area (Å²) in [5, 5.41) is 4.16. The predicted octanol–water partition coefficient (Wildman–Crippen LogP) is 3.19. The van der Waals surface area contributed by atoms with Crippen molar-refractivity contribution in [1.29, 1.82) is 0 Å². The van der Waals surface area contributed by atoms with Gasteiger partial charge in [0, 0.05) is 37.3 Å². The van der Waals surface area contributed by atoms with Crippen LogP contribution in [0.2, 0.25) is 0 Å². The third-order valence-corrected chi connectivity index (χ3v) is 4.34. The maximum atomic E-state index is 5.87. The van der Waals surface area contributed by atoms with Crippen molar-refractivity contribution in [3.05, 3.63) is 42.4 Å². The molecule has 1 aromatic heterocycles. The smallest absolute Gasteiger partial charge is 0.163 e. The van der Waals surface area contributed by atoms with E-state index in [2.05, 4.69) is 27.3 Å². The Morgan fingerprint density at radius 3 is 2.48 bits per heavy atom. The fraction of sp³-hybridized carbons (Fsp3) is 0.364. The molecule has 2 aromatic rings. The lowest BCUT2D eigenvalue weighted by Crippen LogP contribution is -2.09. The first kappa shape index (κ1) is 20.6. The Hall–Kier alpha value is -3.08. The number of methoxy groups -OCH3 is 2. The average molecular weight is 395 g/mol. The molecule has 0 amide bonds. The molecule has 1 unspecified atom stereocenters. The molecule has 152 valence electrons. The minimum absolute atomic E-state index is 0.0735. The lowest BCUT2D eigenvalue weighted by Gasteiger charge is -2.16. The van der Waals surface area contributed by atoms with E-state index in [1.165, 1.54) is 6.33 Å². The van der Waals surface area contributed by atoms with Gasteiger partial charge in [-0.05, 0) is 24.6 Å². The number of fused-ring (bicyclic) bond motifs is 1. The second-order valence-electron chi connectivity index (χ2n) is 6.38. The van der Waals surface area contributed by atoms with Gasteiger partial charge in [0.1, 0.15) is 25.4 Å². The van der Waals surface area contributed by atoms with Crippen molar-refractivity contribution in [3.63, 3.8) is 0 Å². The molecule has 7 nitrogen and oxygen atoms in total. The third kappa shape index (κ3) is 5.47. The molecule has 1 N–H and O–H groups in total. The molecule has 0 aliphatic heterocycles. The van der Waals surface area contributed by atoms with E-state index in [0.29, 0.717) is 43.7 Å². The van der Waals surface area contributed by atoms with E-state index in [4.69, 9.17) is 25.4 Å². The number of benzene rings is 1. The van der Waals surface area contributed by atoms with Gasteiger partial charge in [0.05, 0.1) is 18.7 Å². The zero-order chi connectivity index (χ0) is 20.5. The maximum absolute atomic E-state index is 5.87. The van der Waals surface area contributed by atoms with Crippen molar-refractivity contribution in [2.75, 3.05) is 46.0 Å². The van der Waals surface area contributed by atoms with Crippen molar-refractivity contribution >= 4 is 16.7 Å². The van der Waals surface area contributed by atoms with E-state index in [1.54, 1.807) is 14.2 Å². The quantitative estimate of drug-likeness (QED) is 0.489. The van der Waals surface area contributed by atoms with Gasteiger partial charge in [0.15, 0.2) is 11.5 Å². The van der Waals surface area contributed by atoms with Crippen LogP contribution in [0.4, 0.5) is 5.82 Å². The third-order valence-electron chi connectivity index (χ3n) is 4.34. The first-order chi connectivity index (χ1) is 14.2. The van der Waals surface area contributed by atoms with Crippen molar-refractivity contribution in [2.45, 2.75) is 6.42 Å². The second-order valence-corrected chi connectivity index (χ2v) is 6.38. The largest absolute Gasteiger partial charge is 0.487 e. The Labute approximate surface area is 170 Å². The zero-order valence-electron chi connectivity index (χ0n) is 16.7. The molecule has 7 heteroatoms. The molecule has 1 heterocycles. The van der Waals surface area contributed by atoms with Gasteiger partial charge in [0.2, 0.25) is 0 Å². The fourth-order valence-electron chi connectivity index (χ4n) is 2.88. The Balaban J connectivity index is 1.92. The van der Waals surface area contributed by atoms with Gasteiger partial charge >= 0.3 is 0 Å². The minimum Gasteiger partial charge on any atom is -0.487 e. The molecule has 0 spiro atoms. The lowest BCUT2D eigenvalue weighted by atomic mass is 10.0. The Morgan fingerprint density at radius 1 is 1.07 bits per heavy atom. The van der Waals surface area contributed by atoms with E-state index in [0.717, 1.165) is 23.0 Å². The number of aromatic nitrogens is 2. The van der Waals surface area contributed by atoms with Gasteiger partial charge in [-0.15, -0.1) is 6.42 Å². The van der Waals surface area contributed by atoms with Crippen LogP contribution in [0.5, 0.6) is 11.5 Å². The van der Waals surface area contributed by atoms with E-state index in [9.17, 15) is 0 Å². The molecular weight excluding hydrogens is 370 g/mol. The van der Waals surface area contributed by atoms with Crippen LogP contribution in [-0.4, -0.2) is 50.6 Å². The molecule has 0 saturated carbocycles. The minimum atomic E-state index is 0.0735. The Bertz CT molecular complexity index is 934. The van der Waals surface area contributed by atoms with Crippen molar-refractivity contribution in [3.8, 4) is 23.8 Å². The van der Waals surface area contributed by atoms with Gasteiger partial charge in [-0.1, -0.05) is 12.0 Å². The summed E-state index contributed by atoms with van der Waals surface area (Å²) in [7, 11) is 3.26. The van der Waals surface area contributed by atoms with E-state index < -0.39 is 0 Å². The number of nitrogens with zero attached hydrogens (tertiary/aromatic N) is 2. The van der Waals surface area contributed by atoms with E-state index in [-0.39, 0.29) is 5.92 Å². The van der Waals surface area contributed by atoms with Crippen LogP contribution in [0.25, 0.3) is 10.9 Å². The SMILES string of the molecule is C#CC1C=C(Nc2ncnc3cc(OCCOC)c(OCCOC)cc23)C=CC1. The summed E-state index contributed by atoms with van der Waals surface area (Å²) in [4.78, 5) is 8.78. The monoisotopic (exact) mass is 395 g/mol. The molecule has 0 saturated heterocycles. The van der Waals surface area contributed by atoms with Crippen molar-refractivity contribution in [1.82, 2.24) is 9.97 Å². The number of ether oxygens (including phenoxy) is 4. The van der Waals surface area contributed by atoms with Crippen LogP contribution < -0.4 is 14.8 Å². The van der Waals surface area contributed by atoms with Gasteiger partial charge in [-0.2, -0.15) is 0 Å². The van der Waals surface area contributed by atoms with E-state index >= 15 is 0 Å². The number of hydrogen-bond acceptors (Lipinski definition) is 7. The number of anilines is 1. The van der Waals surface area contributed by atoms with Crippen LogP contribution in [-0.2, 0) is 9.47 Å². The average Bonchev–Trinajstić information content (AvgIpc) is 2.75. The van der Waals surface area contributed by atoms with Gasteiger partial charge in [-0.25, -0.2) is 9.97 Å². The number of nitrogens with one attached hydrogen (secondary N) is 1. The van der Waals surface area contributed by atoms with Gasteiger partial charge < -0.3 is 24.3 Å². The lowest BCUT2D eigenvalue weighted by molar-refractivity contribution is 0.132. The Kier molecular flexibility index (Phi) is 7.45. The highest BCUT2D eigenvalue weighted by Gasteiger charge is 2.14. The van der Waals surface area contributed by atoms with E-state index in [1.807, 2.05) is 24.3 Å². The Morgan fingerprint density at radius 2 is 1.79 bits per heavy atom. The normalized spacial score (nSPS) is 15.6. The standard InChI is InChI=1S/C22H25N3O4/c1-4-16-6-5-7-17(12-16)25-22-18-13-20(28-10-8-26-2)21(29-11-9-27-3)14-19(18)23-15-24-22/h1,5,7,12-16H,6,8-11H2,2-3H3,(H,23,24,25). The summed E-state index contributed by atoms with van der Waals surface area (Å²) >= 11 is 0. The fourth-order valence-corrected chi connectivity index (χ4v) is 2.88. The molecule has 3 rings (SSSR count). The topological polar surface area (TPSA) is 74.7 Å². The van der Waals surface area contributed by atoms with Crippen LogP contribution in [0.3, 0.4) is 0 Å². The first-order valence-electron chi connectivity index (χ1n) is 9.39. The molecular formula is C22H25N3O4. The zero-order valence-corrected chi connectivity index (χ0v) is 16.7. The summed E-state index contributed by atoms with van der Waals surface area (Å²) in [6, 6.07) is 3.72. The molecule has 0 bridgehead atoms. The molecule has 1 aliphatic carbocycles. The van der Waals surface area contributed by atoms with Crippen LogP contribution in [0, 0.1) is 18.3 Å². The van der Waals surface area contributed by atoms with Crippen LogP contribution in [0.1, 0.15) is 6.42 Å². The number of hydrogen-bond donors (Lipinski definition) is 1. The van der Waals surface area contributed by atoms with Crippen LogP contribution >= 0.6 is 0 Å². The highest BCUT2D eigenvalue weighted by Crippen LogP contribution is 2.34. The van der Waals surface area contributed by atoms with Crippen molar-refractivity contribution in [2.24, 2.45) is 5.92 Å². The molecule has 1 atom stereocenters. The molecule has 0 radical (unpaired) electrons. The van der Waals surface area contributed by atoms with Crippen LogP contribution in [0.15, 0.2) is 42.4 Å². The molecule has 1 aliphatic rings. The summed E-state index contributed by atoms with van der Waals surface area (Å²) in [6.07, 6.45) is 14.0. The molecule has 1 aromatic carbocycles. The first-order valence-corrected chi connectivity index (χ1v) is 9.39. The number of terminal acetylenes is 1. The molecule has 0 fully saturated rings. The van der Waals surface area contributed by atoms with Gasteiger partial charge in [0.25, 0.3) is 0 Å². The highest BCUT2D eigenvalue weighted by atomic mass is 16.5. The summed E-state index contributed by atoms with van der Waals surface area (Å²) in [5.74, 6) is 4.70.